The standard InChI is InChI=1S/C15H13F3N2/c1-9-7-12(15(16,17)18)11-8-10-5-3-4-6-13(10)20(2)14(11)19-9/h3-7H,8H2,1-2H3. The van der Waals surface area contributed by atoms with Gasteiger partial charge in [-0.25, -0.2) is 4.98 Å². The number of para-hydroxylation sites is 1. The largest absolute Gasteiger partial charge is 0.416 e. The lowest BCUT2D eigenvalue weighted by atomic mass is 9.94. The Morgan fingerprint density at radius 2 is 1.90 bits per heavy atom. The summed E-state index contributed by atoms with van der Waals surface area (Å²) in [5, 5.41) is 0. The molecule has 0 fully saturated rings. The number of benzene rings is 1. The highest BCUT2D eigenvalue weighted by atomic mass is 19.4. The predicted molar refractivity (Wildman–Crippen MR) is 71.3 cm³/mol. The molecule has 0 unspecified atom stereocenters. The summed E-state index contributed by atoms with van der Waals surface area (Å²) < 4.78 is 39.6. The van der Waals surface area contributed by atoms with E-state index in [1.165, 1.54) is 0 Å². The van der Waals surface area contributed by atoms with E-state index in [4.69, 9.17) is 0 Å². The SMILES string of the molecule is Cc1cc(C(F)(F)F)c2c(n1)N(C)c1ccccc1C2. The van der Waals surface area contributed by atoms with E-state index in [1.807, 2.05) is 24.3 Å². The Morgan fingerprint density at radius 1 is 1.20 bits per heavy atom. The molecule has 0 saturated heterocycles. The first kappa shape index (κ1) is 13.0. The molecule has 0 amide bonds. The molecule has 0 atom stereocenters. The second kappa shape index (κ2) is 4.23. The van der Waals surface area contributed by atoms with Crippen LogP contribution in [0.4, 0.5) is 24.7 Å². The Morgan fingerprint density at radius 3 is 2.60 bits per heavy atom. The molecule has 1 aliphatic rings. The van der Waals surface area contributed by atoms with Crippen molar-refractivity contribution in [3.05, 3.63) is 52.7 Å². The molecule has 2 heterocycles. The number of nitrogens with zero attached hydrogens (tertiary/aromatic N) is 2. The summed E-state index contributed by atoms with van der Waals surface area (Å²) in [5.41, 5.74) is 1.85. The van der Waals surface area contributed by atoms with Crippen molar-refractivity contribution in [3.63, 3.8) is 0 Å². The predicted octanol–water partition coefficient (Wildman–Crippen LogP) is 4.08. The molecule has 1 aromatic heterocycles. The number of rotatable bonds is 0. The molecule has 20 heavy (non-hydrogen) atoms. The molecule has 5 heteroatoms. The van der Waals surface area contributed by atoms with E-state index in [2.05, 4.69) is 4.98 Å². The molecule has 0 bridgehead atoms. The number of hydrogen-bond donors (Lipinski definition) is 0. The number of fused-ring (bicyclic) bond motifs is 2. The molecule has 2 nitrogen and oxygen atoms in total. The van der Waals surface area contributed by atoms with E-state index >= 15 is 0 Å². The highest BCUT2D eigenvalue weighted by Gasteiger charge is 2.37. The third-order valence-electron chi connectivity index (χ3n) is 3.57. The summed E-state index contributed by atoms with van der Waals surface area (Å²) in [5.74, 6) is 0.399. The van der Waals surface area contributed by atoms with Crippen LogP contribution in [0.25, 0.3) is 0 Å². The zero-order chi connectivity index (χ0) is 14.5. The molecule has 1 aliphatic heterocycles. The van der Waals surface area contributed by atoms with E-state index in [0.717, 1.165) is 17.3 Å². The van der Waals surface area contributed by atoms with Crippen molar-refractivity contribution in [2.45, 2.75) is 19.5 Å². The van der Waals surface area contributed by atoms with E-state index in [9.17, 15) is 13.2 Å². The summed E-state index contributed by atoms with van der Waals surface area (Å²) in [6.07, 6.45) is -4.09. The molecule has 3 rings (SSSR count). The van der Waals surface area contributed by atoms with Gasteiger partial charge in [0.15, 0.2) is 0 Å². The van der Waals surface area contributed by atoms with Gasteiger partial charge in [-0.3, -0.25) is 0 Å². The van der Waals surface area contributed by atoms with Crippen LogP contribution in [0.3, 0.4) is 0 Å². The van der Waals surface area contributed by atoms with Gasteiger partial charge in [0.05, 0.1) is 5.56 Å². The highest BCUT2D eigenvalue weighted by Crippen LogP contribution is 2.42. The lowest BCUT2D eigenvalue weighted by Crippen LogP contribution is -2.23. The lowest BCUT2D eigenvalue weighted by molar-refractivity contribution is -0.138. The smallest absolute Gasteiger partial charge is 0.329 e. The molecule has 0 spiro atoms. The molecule has 0 saturated carbocycles. The van der Waals surface area contributed by atoms with Crippen LogP contribution in [0.5, 0.6) is 0 Å². The van der Waals surface area contributed by atoms with Crippen LogP contribution in [-0.4, -0.2) is 12.0 Å². The first-order valence-corrected chi connectivity index (χ1v) is 6.27. The highest BCUT2D eigenvalue weighted by molar-refractivity contribution is 5.72. The van der Waals surface area contributed by atoms with Crippen LogP contribution >= 0.6 is 0 Å². The maximum Gasteiger partial charge on any atom is 0.416 e. The lowest BCUT2D eigenvalue weighted by Gasteiger charge is -2.31. The average Bonchev–Trinajstić information content (AvgIpc) is 2.38. The molecule has 104 valence electrons. The summed E-state index contributed by atoms with van der Waals surface area (Å²) in [6.45, 7) is 1.59. The summed E-state index contributed by atoms with van der Waals surface area (Å²) >= 11 is 0. The summed E-state index contributed by atoms with van der Waals surface area (Å²) in [6, 6.07) is 8.60. The zero-order valence-corrected chi connectivity index (χ0v) is 11.1. The van der Waals surface area contributed by atoms with Crippen LogP contribution in [0.1, 0.15) is 22.4 Å². The Kier molecular flexibility index (Phi) is 2.74. The third kappa shape index (κ3) is 1.94. The van der Waals surface area contributed by atoms with E-state index in [-0.39, 0.29) is 12.0 Å². The minimum absolute atomic E-state index is 0.254. The quantitative estimate of drug-likeness (QED) is 0.721. The van der Waals surface area contributed by atoms with Gasteiger partial charge in [-0.05, 0) is 24.6 Å². The topological polar surface area (TPSA) is 16.1 Å². The van der Waals surface area contributed by atoms with Gasteiger partial charge in [0, 0.05) is 30.4 Å². The van der Waals surface area contributed by atoms with Gasteiger partial charge < -0.3 is 4.90 Å². The van der Waals surface area contributed by atoms with Crippen molar-refractivity contribution in [2.24, 2.45) is 0 Å². The second-order valence-corrected chi connectivity index (χ2v) is 4.98. The van der Waals surface area contributed by atoms with Crippen LogP contribution in [-0.2, 0) is 12.6 Å². The number of halogens is 3. The Labute approximate surface area is 114 Å². The fourth-order valence-electron chi connectivity index (χ4n) is 2.68. The molecule has 2 aromatic rings. The number of hydrogen-bond acceptors (Lipinski definition) is 2. The van der Waals surface area contributed by atoms with Crippen LogP contribution in [0, 0.1) is 6.92 Å². The molecule has 0 radical (unpaired) electrons. The van der Waals surface area contributed by atoms with Gasteiger partial charge in [0.2, 0.25) is 0 Å². The fraction of sp³-hybridized carbons (Fsp3) is 0.267. The third-order valence-corrected chi connectivity index (χ3v) is 3.57. The minimum atomic E-state index is -4.36. The van der Waals surface area contributed by atoms with Crippen molar-refractivity contribution in [1.29, 1.82) is 0 Å². The Hall–Kier alpha value is -2.04. The van der Waals surface area contributed by atoms with Crippen LogP contribution in [0.2, 0.25) is 0 Å². The van der Waals surface area contributed by atoms with E-state index in [0.29, 0.717) is 11.5 Å². The number of anilines is 2. The van der Waals surface area contributed by atoms with Crippen LogP contribution < -0.4 is 4.90 Å². The summed E-state index contributed by atoms with van der Waals surface area (Å²) in [7, 11) is 1.75. The van der Waals surface area contributed by atoms with Crippen molar-refractivity contribution in [1.82, 2.24) is 4.98 Å². The molecule has 0 aliphatic carbocycles. The van der Waals surface area contributed by atoms with Crippen molar-refractivity contribution >= 4 is 11.5 Å². The Balaban J connectivity index is 2.25. The monoisotopic (exact) mass is 278 g/mol. The maximum absolute atomic E-state index is 13.2. The number of aryl methyl sites for hydroxylation is 1. The van der Waals surface area contributed by atoms with E-state index in [1.54, 1.807) is 18.9 Å². The normalized spacial score (nSPS) is 13.9. The molecule has 0 N–H and O–H groups in total. The van der Waals surface area contributed by atoms with E-state index < -0.39 is 11.7 Å². The van der Waals surface area contributed by atoms with Gasteiger partial charge in [0.1, 0.15) is 5.82 Å². The van der Waals surface area contributed by atoms with Crippen molar-refractivity contribution < 1.29 is 13.2 Å². The minimum Gasteiger partial charge on any atom is -0.329 e. The fourth-order valence-corrected chi connectivity index (χ4v) is 2.68. The number of alkyl halides is 3. The Bertz CT molecular complexity index is 677. The van der Waals surface area contributed by atoms with Crippen molar-refractivity contribution in [3.8, 4) is 0 Å². The number of aromatic nitrogens is 1. The van der Waals surface area contributed by atoms with Gasteiger partial charge in [-0.15, -0.1) is 0 Å². The van der Waals surface area contributed by atoms with Gasteiger partial charge in [-0.1, -0.05) is 18.2 Å². The second-order valence-electron chi connectivity index (χ2n) is 4.98. The van der Waals surface area contributed by atoms with Crippen LogP contribution in [0.15, 0.2) is 30.3 Å². The molecular formula is C15H13F3N2. The summed E-state index contributed by atoms with van der Waals surface area (Å²) in [4.78, 5) is 6.03. The van der Waals surface area contributed by atoms with Crippen molar-refractivity contribution in [2.75, 3.05) is 11.9 Å². The molecule has 1 aromatic carbocycles. The maximum atomic E-state index is 13.2. The molecular weight excluding hydrogens is 265 g/mol. The average molecular weight is 278 g/mol. The van der Waals surface area contributed by atoms with Gasteiger partial charge >= 0.3 is 6.18 Å². The first-order valence-electron chi connectivity index (χ1n) is 6.27. The number of pyridine rings is 1. The zero-order valence-electron chi connectivity index (χ0n) is 11.1. The van der Waals surface area contributed by atoms with Gasteiger partial charge in [-0.2, -0.15) is 13.2 Å². The first-order chi connectivity index (χ1) is 9.38. The van der Waals surface area contributed by atoms with Gasteiger partial charge in [0.25, 0.3) is 0 Å².